The number of hydrogen-bond acceptors (Lipinski definition) is 4. The third-order valence-electron chi connectivity index (χ3n) is 2.50. The Balaban J connectivity index is 2.45. The Morgan fingerprint density at radius 2 is 1.81 bits per heavy atom. The molecule has 0 N–H and O–H groups in total. The Labute approximate surface area is 135 Å². The second kappa shape index (κ2) is 6.31. The van der Waals surface area contributed by atoms with Crippen molar-refractivity contribution in [2.24, 2.45) is 0 Å². The number of carbonyl (C=O) groups is 1. The topological polar surface area (TPSA) is 69.4 Å². The number of hydrogen-bond donors (Lipinski definition) is 0. The predicted octanol–water partition coefficient (Wildman–Crippen LogP) is 4.86. The first-order chi connectivity index (χ1) is 9.92. The Bertz CT molecular complexity index is 713. The first-order valence-corrected chi connectivity index (χ1v) is 7.07. The van der Waals surface area contributed by atoms with E-state index in [0.29, 0.717) is 15.2 Å². The average molecular weight is 419 g/mol. The highest BCUT2D eigenvalue weighted by molar-refractivity contribution is 9.11. The maximum atomic E-state index is 13.1. The number of nitro groups is 1. The van der Waals surface area contributed by atoms with Crippen molar-refractivity contribution < 1.29 is 18.8 Å². The number of non-ortho nitro benzene ring substituents is 1. The Morgan fingerprint density at radius 1 is 1.19 bits per heavy atom. The van der Waals surface area contributed by atoms with Gasteiger partial charge in [0.2, 0.25) is 0 Å². The smallest absolute Gasteiger partial charge is 0.271 e. The molecule has 0 aliphatic carbocycles. The molecule has 21 heavy (non-hydrogen) atoms. The normalized spacial score (nSPS) is 10.2. The van der Waals surface area contributed by atoms with E-state index in [4.69, 9.17) is 4.74 Å². The molecule has 8 heteroatoms. The molecule has 2 aromatic carbocycles. The molecule has 0 radical (unpaired) electrons. The van der Waals surface area contributed by atoms with Crippen molar-refractivity contribution in [3.63, 3.8) is 0 Å². The van der Waals surface area contributed by atoms with Gasteiger partial charge in [-0.25, -0.2) is 4.39 Å². The maximum Gasteiger partial charge on any atom is 0.271 e. The number of nitro benzene ring substituents is 1. The van der Waals surface area contributed by atoms with Crippen molar-refractivity contribution in [2.75, 3.05) is 0 Å². The summed E-state index contributed by atoms with van der Waals surface area (Å²) in [5, 5.41) is 10.7. The summed E-state index contributed by atoms with van der Waals surface area (Å²) >= 11 is 6.33. The molecule has 0 bridgehead atoms. The Kier molecular flexibility index (Phi) is 4.69. The summed E-state index contributed by atoms with van der Waals surface area (Å²) in [4.78, 5) is 21.1. The number of nitrogens with zero attached hydrogens (tertiary/aromatic N) is 1. The van der Waals surface area contributed by atoms with Gasteiger partial charge in [-0.1, -0.05) is 0 Å². The van der Waals surface area contributed by atoms with Crippen molar-refractivity contribution in [1.29, 1.82) is 0 Å². The molecule has 2 aromatic rings. The molecule has 0 aliphatic heterocycles. The highest BCUT2D eigenvalue weighted by Crippen LogP contribution is 2.40. The first kappa shape index (κ1) is 15.6. The van der Waals surface area contributed by atoms with Crippen LogP contribution in [0.15, 0.2) is 39.3 Å². The lowest BCUT2D eigenvalue weighted by Crippen LogP contribution is -1.95. The summed E-state index contributed by atoms with van der Waals surface area (Å²) in [6, 6.07) is 6.03. The lowest BCUT2D eigenvalue weighted by molar-refractivity contribution is -0.385. The average Bonchev–Trinajstić information content (AvgIpc) is 2.43. The molecule has 0 amide bonds. The standard InChI is InChI=1S/C13H6Br2FNO4/c14-10-4-9(17(19)20)5-11(15)13(10)21-12-2-1-8(16)3-7(12)6-18/h1-6H. The van der Waals surface area contributed by atoms with E-state index in [2.05, 4.69) is 31.9 Å². The summed E-state index contributed by atoms with van der Waals surface area (Å²) in [7, 11) is 0. The lowest BCUT2D eigenvalue weighted by Gasteiger charge is -2.11. The fourth-order valence-corrected chi connectivity index (χ4v) is 2.89. The van der Waals surface area contributed by atoms with E-state index in [9.17, 15) is 19.3 Å². The van der Waals surface area contributed by atoms with Crippen molar-refractivity contribution >= 4 is 43.8 Å². The third-order valence-corrected chi connectivity index (χ3v) is 3.68. The highest BCUT2D eigenvalue weighted by Gasteiger charge is 2.17. The molecule has 0 saturated carbocycles. The maximum absolute atomic E-state index is 13.1. The summed E-state index contributed by atoms with van der Waals surface area (Å²) in [6.07, 6.45) is 0.464. The number of benzene rings is 2. The number of halogens is 3. The van der Waals surface area contributed by atoms with Crippen LogP contribution in [-0.4, -0.2) is 11.2 Å². The van der Waals surface area contributed by atoms with Crippen LogP contribution in [0.4, 0.5) is 10.1 Å². The van der Waals surface area contributed by atoms with Gasteiger partial charge in [0.1, 0.15) is 11.6 Å². The largest absolute Gasteiger partial charge is 0.454 e. The zero-order chi connectivity index (χ0) is 15.6. The van der Waals surface area contributed by atoms with E-state index in [0.717, 1.165) is 12.1 Å². The second-order valence-corrected chi connectivity index (χ2v) is 5.61. The van der Waals surface area contributed by atoms with E-state index < -0.39 is 10.7 Å². The molecule has 0 atom stereocenters. The monoisotopic (exact) mass is 417 g/mol. The van der Waals surface area contributed by atoms with Crippen LogP contribution >= 0.6 is 31.9 Å². The molecule has 5 nitrogen and oxygen atoms in total. The Morgan fingerprint density at radius 3 is 2.33 bits per heavy atom. The van der Waals surface area contributed by atoms with Gasteiger partial charge in [-0.05, 0) is 50.1 Å². The fourth-order valence-electron chi connectivity index (χ4n) is 1.56. The van der Waals surface area contributed by atoms with E-state index in [-0.39, 0.29) is 22.7 Å². The second-order valence-electron chi connectivity index (χ2n) is 3.90. The van der Waals surface area contributed by atoms with Crippen LogP contribution in [0.2, 0.25) is 0 Å². The number of rotatable bonds is 4. The minimum absolute atomic E-state index is 0.0344. The van der Waals surface area contributed by atoms with Gasteiger partial charge in [-0.2, -0.15) is 0 Å². The predicted molar refractivity (Wildman–Crippen MR) is 80.4 cm³/mol. The molecular formula is C13H6Br2FNO4. The zero-order valence-electron chi connectivity index (χ0n) is 10.2. The van der Waals surface area contributed by atoms with Crippen molar-refractivity contribution in [1.82, 2.24) is 0 Å². The molecule has 0 saturated heterocycles. The quantitative estimate of drug-likeness (QED) is 0.403. The summed E-state index contributed by atoms with van der Waals surface area (Å²) in [6.45, 7) is 0. The summed E-state index contributed by atoms with van der Waals surface area (Å²) in [5.41, 5.74) is -0.0945. The van der Waals surface area contributed by atoms with Gasteiger partial charge < -0.3 is 4.74 Å². The minimum atomic E-state index is -0.564. The van der Waals surface area contributed by atoms with Gasteiger partial charge in [0.05, 0.1) is 19.4 Å². The van der Waals surface area contributed by atoms with E-state index in [1.807, 2.05) is 0 Å². The van der Waals surface area contributed by atoms with Crippen LogP contribution < -0.4 is 4.74 Å². The van der Waals surface area contributed by atoms with Crippen LogP contribution in [0, 0.1) is 15.9 Å². The molecular weight excluding hydrogens is 413 g/mol. The van der Waals surface area contributed by atoms with Crippen LogP contribution in [0.25, 0.3) is 0 Å². The third kappa shape index (κ3) is 3.45. The van der Waals surface area contributed by atoms with Gasteiger partial charge in [-0.3, -0.25) is 14.9 Å². The van der Waals surface area contributed by atoms with Crippen LogP contribution in [-0.2, 0) is 0 Å². The molecule has 0 unspecified atom stereocenters. The minimum Gasteiger partial charge on any atom is -0.454 e. The zero-order valence-corrected chi connectivity index (χ0v) is 13.4. The summed E-state index contributed by atoms with van der Waals surface area (Å²) in [5.74, 6) is -0.178. The highest BCUT2D eigenvalue weighted by atomic mass is 79.9. The van der Waals surface area contributed by atoms with Gasteiger partial charge >= 0.3 is 0 Å². The summed E-state index contributed by atoms with van der Waals surface area (Å²) < 4.78 is 19.3. The molecule has 0 spiro atoms. The molecule has 0 aliphatic rings. The van der Waals surface area contributed by atoms with Crippen molar-refractivity contribution in [3.8, 4) is 11.5 Å². The van der Waals surface area contributed by atoms with Crippen molar-refractivity contribution in [3.05, 3.63) is 60.8 Å². The van der Waals surface area contributed by atoms with Gasteiger partial charge in [0, 0.05) is 12.1 Å². The molecule has 0 heterocycles. The van der Waals surface area contributed by atoms with Crippen LogP contribution in [0.1, 0.15) is 10.4 Å². The van der Waals surface area contributed by atoms with E-state index >= 15 is 0 Å². The van der Waals surface area contributed by atoms with Crippen LogP contribution in [0.5, 0.6) is 11.5 Å². The van der Waals surface area contributed by atoms with Crippen molar-refractivity contribution in [2.45, 2.75) is 0 Å². The molecule has 0 aromatic heterocycles. The van der Waals surface area contributed by atoms with Gasteiger partial charge in [-0.15, -0.1) is 0 Å². The Hall–Kier alpha value is -1.80. The molecule has 2 rings (SSSR count). The van der Waals surface area contributed by atoms with E-state index in [1.54, 1.807) is 0 Å². The van der Waals surface area contributed by atoms with Gasteiger partial charge in [0.15, 0.2) is 12.0 Å². The molecule has 108 valence electrons. The number of ether oxygens (including phenoxy) is 1. The lowest BCUT2D eigenvalue weighted by atomic mass is 10.2. The molecule has 0 fully saturated rings. The van der Waals surface area contributed by atoms with E-state index in [1.165, 1.54) is 18.2 Å². The van der Waals surface area contributed by atoms with Gasteiger partial charge in [0.25, 0.3) is 5.69 Å². The number of carbonyl (C=O) groups excluding carboxylic acids is 1. The first-order valence-electron chi connectivity index (χ1n) is 5.48. The SMILES string of the molecule is O=Cc1cc(F)ccc1Oc1c(Br)cc([N+](=O)[O-])cc1Br. The van der Waals surface area contributed by atoms with Crippen LogP contribution in [0.3, 0.4) is 0 Å². The fraction of sp³-hybridized carbons (Fsp3) is 0. The number of aldehydes is 1.